The van der Waals surface area contributed by atoms with Crippen molar-refractivity contribution in [2.45, 2.75) is 49.3 Å². The zero-order valence-electron chi connectivity index (χ0n) is 12.3. The molecule has 0 bridgehead atoms. The Morgan fingerprint density at radius 3 is 2.52 bits per heavy atom. The highest BCUT2D eigenvalue weighted by Gasteiger charge is 2.44. The average Bonchev–Trinajstić information content (AvgIpc) is 2.73. The van der Waals surface area contributed by atoms with Gasteiger partial charge in [-0.1, -0.05) is 30.3 Å². The maximum absolute atomic E-state index is 12.0. The number of carbonyl (C=O) groups is 2. The van der Waals surface area contributed by atoms with Crippen LogP contribution in [-0.2, 0) is 16.0 Å². The van der Waals surface area contributed by atoms with Crippen LogP contribution in [0.1, 0.15) is 32.3 Å². The fraction of sp³-hybridized carbons (Fsp3) is 0.500. The van der Waals surface area contributed by atoms with Gasteiger partial charge in [-0.25, -0.2) is 0 Å². The number of aliphatic carboxylic acids is 1. The van der Waals surface area contributed by atoms with E-state index >= 15 is 0 Å². The molecule has 2 N–H and O–H groups in total. The normalized spacial score (nSPS) is 23.9. The third-order valence-electron chi connectivity index (χ3n) is 3.67. The van der Waals surface area contributed by atoms with E-state index < -0.39 is 12.0 Å². The van der Waals surface area contributed by atoms with E-state index in [0.717, 1.165) is 5.56 Å². The summed E-state index contributed by atoms with van der Waals surface area (Å²) in [5.74, 6) is -0.634. The molecule has 1 aromatic carbocycles. The first-order valence-electron chi connectivity index (χ1n) is 7.11. The first kappa shape index (κ1) is 16.0. The summed E-state index contributed by atoms with van der Waals surface area (Å²) in [5.41, 5.74) is 1.03. The van der Waals surface area contributed by atoms with Gasteiger partial charge in [-0.3, -0.25) is 14.9 Å². The summed E-state index contributed by atoms with van der Waals surface area (Å²) in [7, 11) is 0. The third-order valence-corrected chi connectivity index (χ3v) is 5.17. The molecule has 114 valence electrons. The van der Waals surface area contributed by atoms with Crippen LogP contribution in [-0.4, -0.2) is 33.0 Å². The molecular formula is C16H21NO3S. The lowest BCUT2D eigenvalue weighted by molar-refractivity contribution is -0.139. The zero-order chi connectivity index (χ0) is 15.5. The van der Waals surface area contributed by atoms with E-state index in [0.29, 0.717) is 19.3 Å². The fourth-order valence-electron chi connectivity index (χ4n) is 2.57. The number of ketones is 1. The highest BCUT2D eigenvalue weighted by atomic mass is 32.2. The molecule has 0 amide bonds. The second-order valence-electron chi connectivity index (χ2n) is 5.89. The Balaban J connectivity index is 1.81. The monoisotopic (exact) mass is 307 g/mol. The second-order valence-corrected chi connectivity index (χ2v) is 7.74. The van der Waals surface area contributed by atoms with Gasteiger partial charge in [0.25, 0.3) is 0 Å². The van der Waals surface area contributed by atoms with Gasteiger partial charge >= 0.3 is 5.97 Å². The van der Waals surface area contributed by atoms with E-state index in [1.165, 1.54) is 0 Å². The Kier molecular flexibility index (Phi) is 5.06. The van der Waals surface area contributed by atoms with Crippen molar-refractivity contribution >= 4 is 23.5 Å². The Morgan fingerprint density at radius 2 is 1.95 bits per heavy atom. The number of carbonyl (C=O) groups excluding carboxylic acids is 1. The number of carboxylic acids is 1. The van der Waals surface area contributed by atoms with Crippen LogP contribution in [0.15, 0.2) is 30.3 Å². The minimum Gasteiger partial charge on any atom is -0.480 e. The zero-order valence-corrected chi connectivity index (χ0v) is 13.2. The minimum atomic E-state index is -0.828. The minimum absolute atomic E-state index is 0.0285. The molecule has 2 rings (SSSR count). The van der Waals surface area contributed by atoms with Crippen LogP contribution in [0.25, 0.3) is 0 Å². The van der Waals surface area contributed by atoms with Crippen molar-refractivity contribution in [1.29, 1.82) is 0 Å². The lowest BCUT2D eigenvalue weighted by Gasteiger charge is -2.20. The topological polar surface area (TPSA) is 66.4 Å². The number of thioether (sulfide) groups is 1. The van der Waals surface area contributed by atoms with Crippen LogP contribution in [0.2, 0.25) is 0 Å². The molecule has 4 nitrogen and oxygen atoms in total. The maximum atomic E-state index is 12.0. The predicted octanol–water partition coefficient (Wildman–Crippen LogP) is 2.47. The van der Waals surface area contributed by atoms with Gasteiger partial charge in [-0.05, 0) is 25.8 Å². The third kappa shape index (κ3) is 4.32. The number of Topliss-reactive ketones (excluding diaryl/α,β-unsaturated/α-hetero) is 1. The van der Waals surface area contributed by atoms with Gasteiger partial charge in [-0.2, -0.15) is 0 Å². The van der Waals surface area contributed by atoms with E-state index in [9.17, 15) is 14.7 Å². The van der Waals surface area contributed by atoms with Crippen LogP contribution in [0.5, 0.6) is 0 Å². The molecule has 5 heteroatoms. The molecule has 1 aliphatic heterocycles. The van der Waals surface area contributed by atoms with E-state index in [4.69, 9.17) is 0 Å². The lowest BCUT2D eigenvalue weighted by Crippen LogP contribution is -2.44. The summed E-state index contributed by atoms with van der Waals surface area (Å²) < 4.78 is -0.348. The first-order chi connectivity index (χ1) is 9.88. The summed E-state index contributed by atoms with van der Waals surface area (Å²) in [6.07, 6.45) is 1.59. The molecule has 0 aliphatic carbocycles. The van der Waals surface area contributed by atoms with Gasteiger partial charge in [0.15, 0.2) is 0 Å². The van der Waals surface area contributed by atoms with Crippen molar-refractivity contribution < 1.29 is 14.7 Å². The van der Waals surface area contributed by atoms with E-state index in [1.54, 1.807) is 11.8 Å². The molecule has 2 atom stereocenters. The Morgan fingerprint density at radius 1 is 1.29 bits per heavy atom. The molecule has 1 heterocycles. The van der Waals surface area contributed by atoms with Gasteiger partial charge in [0.05, 0.1) is 5.37 Å². The maximum Gasteiger partial charge on any atom is 0.322 e. The van der Waals surface area contributed by atoms with Gasteiger partial charge in [0, 0.05) is 17.6 Å². The number of carboxylic acid groups (broad SMARTS) is 1. The molecule has 1 aliphatic rings. The number of rotatable bonds is 6. The molecule has 0 spiro atoms. The van der Waals surface area contributed by atoms with Gasteiger partial charge in [-0.15, -0.1) is 11.8 Å². The summed E-state index contributed by atoms with van der Waals surface area (Å²) in [6.45, 7) is 3.85. The molecule has 0 radical (unpaired) electrons. The molecule has 1 aromatic rings. The van der Waals surface area contributed by atoms with Gasteiger partial charge in [0.2, 0.25) is 0 Å². The first-order valence-corrected chi connectivity index (χ1v) is 7.99. The van der Waals surface area contributed by atoms with Crippen molar-refractivity contribution in [1.82, 2.24) is 5.32 Å². The summed E-state index contributed by atoms with van der Waals surface area (Å²) in [6, 6.07) is 9.13. The predicted molar refractivity (Wildman–Crippen MR) is 84.4 cm³/mol. The molecular weight excluding hydrogens is 286 g/mol. The number of hydrogen-bond donors (Lipinski definition) is 2. The van der Waals surface area contributed by atoms with Crippen molar-refractivity contribution in [3.05, 3.63) is 35.9 Å². The van der Waals surface area contributed by atoms with Crippen molar-refractivity contribution in [3.63, 3.8) is 0 Å². The van der Waals surface area contributed by atoms with Crippen molar-refractivity contribution in [2.24, 2.45) is 0 Å². The Hall–Kier alpha value is -1.33. The van der Waals surface area contributed by atoms with E-state index in [1.807, 2.05) is 44.2 Å². The summed E-state index contributed by atoms with van der Waals surface area (Å²) >= 11 is 1.61. The largest absolute Gasteiger partial charge is 0.480 e. The molecule has 21 heavy (non-hydrogen) atoms. The fourth-order valence-corrected chi connectivity index (χ4v) is 4.05. The van der Waals surface area contributed by atoms with Crippen LogP contribution >= 0.6 is 11.8 Å². The molecule has 0 saturated carbocycles. The Bertz CT molecular complexity index is 516. The highest BCUT2D eigenvalue weighted by molar-refractivity contribution is 8.01. The van der Waals surface area contributed by atoms with Crippen LogP contribution < -0.4 is 5.32 Å². The van der Waals surface area contributed by atoms with Crippen LogP contribution in [0.4, 0.5) is 0 Å². The van der Waals surface area contributed by atoms with Crippen LogP contribution in [0.3, 0.4) is 0 Å². The van der Waals surface area contributed by atoms with E-state index in [-0.39, 0.29) is 15.9 Å². The number of hydrogen-bond acceptors (Lipinski definition) is 4. The second kappa shape index (κ2) is 6.62. The smallest absolute Gasteiger partial charge is 0.322 e. The molecule has 1 fully saturated rings. The van der Waals surface area contributed by atoms with Crippen molar-refractivity contribution in [2.75, 3.05) is 0 Å². The highest BCUT2D eigenvalue weighted by Crippen LogP contribution is 2.39. The number of nitrogens with one attached hydrogen (secondary N) is 1. The average molecular weight is 307 g/mol. The molecule has 2 unspecified atom stereocenters. The van der Waals surface area contributed by atoms with Crippen molar-refractivity contribution in [3.8, 4) is 0 Å². The molecule has 1 saturated heterocycles. The summed E-state index contributed by atoms with van der Waals surface area (Å²) in [5, 5.41) is 12.3. The standard InChI is InChI=1S/C16H21NO3S/c1-16(2)14(15(19)20)17-13(21-16)9-8-12(18)10-11-6-4-3-5-7-11/h3-7,13-14,17H,8-10H2,1-2H3,(H,19,20). The van der Waals surface area contributed by atoms with Crippen LogP contribution in [0, 0.1) is 0 Å². The van der Waals surface area contributed by atoms with E-state index in [2.05, 4.69) is 5.32 Å². The summed E-state index contributed by atoms with van der Waals surface area (Å²) in [4.78, 5) is 23.2. The number of benzene rings is 1. The lowest BCUT2D eigenvalue weighted by atomic mass is 10.0. The molecule has 0 aromatic heterocycles. The van der Waals surface area contributed by atoms with Gasteiger partial charge < -0.3 is 5.11 Å². The van der Waals surface area contributed by atoms with Gasteiger partial charge in [0.1, 0.15) is 11.8 Å². The quantitative estimate of drug-likeness (QED) is 0.845. The SMILES string of the molecule is CC1(C)SC(CCC(=O)Cc2ccccc2)NC1C(=O)O. The Labute approximate surface area is 129 Å².